The molecule has 2 aliphatic rings. The smallest absolute Gasteiger partial charge is 0.224 e. The Morgan fingerprint density at radius 1 is 1.53 bits per heavy atom. The third-order valence-corrected chi connectivity index (χ3v) is 4.36. The van der Waals surface area contributed by atoms with Gasteiger partial charge in [0.2, 0.25) is 5.91 Å². The normalized spacial score (nSPS) is 29.6. The molecule has 1 saturated carbocycles. The van der Waals surface area contributed by atoms with E-state index in [1.54, 1.807) is 6.92 Å². The molecule has 0 aromatic heterocycles. The molecule has 98 valence electrons. The average molecular weight is 240 g/mol. The number of nitrogens with zero attached hydrogens (tertiary/aromatic N) is 1. The van der Waals surface area contributed by atoms with Crippen LogP contribution in [0.3, 0.4) is 0 Å². The van der Waals surface area contributed by atoms with Gasteiger partial charge in [-0.15, -0.1) is 0 Å². The van der Waals surface area contributed by atoms with Crippen LogP contribution in [0.4, 0.5) is 0 Å². The lowest BCUT2D eigenvalue weighted by molar-refractivity contribution is -0.131. The Bertz CT molecular complexity index is 285. The fourth-order valence-corrected chi connectivity index (χ4v) is 3.08. The van der Waals surface area contributed by atoms with Crippen molar-refractivity contribution in [1.82, 2.24) is 4.90 Å². The first kappa shape index (κ1) is 12.8. The molecule has 2 unspecified atom stereocenters. The van der Waals surface area contributed by atoms with Crippen LogP contribution in [0, 0.1) is 5.92 Å². The molecule has 0 bridgehead atoms. The van der Waals surface area contributed by atoms with Crippen molar-refractivity contribution in [1.29, 1.82) is 0 Å². The third-order valence-electron chi connectivity index (χ3n) is 4.36. The minimum atomic E-state index is -0.314. The summed E-state index contributed by atoms with van der Waals surface area (Å²) >= 11 is 0. The van der Waals surface area contributed by atoms with Gasteiger partial charge in [-0.2, -0.15) is 0 Å². The van der Waals surface area contributed by atoms with Crippen molar-refractivity contribution >= 4 is 5.91 Å². The number of aliphatic hydroxyl groups is 1. The molecule has 1 heterocycles. The molecule has 0 radical (unpaired) electrons. The first-order valence-electron chi connectivity index (χ1n) is 6.75. The van der Waals surface area contributed by atoms with Crippen LogP contribution in [0.5, 0.6) is 0 Å². The van der Waals surface area contributed by atoms with Crippen LogP contribution < -0.4 is 5.73 Å². The summed E-state index contributed by atoms with van der Waals surface area (Å²) in [5, 5.41) is 9.52. The van der Waals surface area contributed by atoms with Crippen molar-refractivity contribution in [2.24, 2.45) is 11.7 Å². The predicted octanol–water partition coefficient (Wildman–Crippen LogP) is 0.877. The fourth-order valence-electron chi connectivity index (χ4n) is 3.08. The van der Waals surface area contributed by atoms with Crippen LogP contribution >= 0.6 is 0 Å². The Kier molecular flexibility index (Phi) is 3.73. The first-order chi connectivity index (χ1) is 8.00. The SMILES string of the molecule is CC(O)C1CCN(C(=O)CC2(N)CCCC2)C1. The van der Waals surface area contributed by atoms with E-state index >= 15 is 0 Å². The highest BCUT2D eigenvalue weighted by molar-refractivity contribution is 5.77. The van der Waals surface area contributed by atoms with Gasteiger partial charge in [0.1, 0.15) is 0 Å². The fraction of sp³-hybridized carbons (Fsp3) is 0.923. The highest BCUT2D eigenvalue weighted by atomic mass is 16.3. The Morgan fingerprint density at radius 2 is 2.18 bits per heavy atom. The lowest BCUT2D eigenvalue weighted by Crippen LogP contribution is -2.43. The molecule has 17 heavy (non-hydrogen) atoms. The van der Waals surface area contributed by atoms with Crippen molar-refractivity contribution in [3.8, 4) is 0 Å². The summed E-state index contributed by atoms with van der Waals surface area (Å²) < 4.78 is 0. The number of hydrogen-bond donors (Lipinski definition) is 2. The molecule has 0 spiro atoms. The van der Waals surface area contributed by atoms with Gasteiger partial charge >= 0.3 is 0 Å². The molecule has 1 aliphatic heterocycles. The van der Waals surface area contributed by atoms with Crippen molar-refractivity contribution < 1.29 is 9.90 Å². The minimum absolute atomic E-state index is 0.178. The maximum Gasteiger partial charge on any atom is 0.224 e. The summed E-state index contributed by atoms with van der Waals surface area (Å²) in [5.41, 5.74) is 5.98. The zero-order valence-corrected chi connectivity index (χ0v) is 10.7. The van der Waals surface area contributed by atoms with Crippen LogP contribution in [0.25, 0.3) is 0 Å². The minimum Gasteiger partial charge on any atom is -0.393 e. The molecule has 4 heteroatoms. The second-order valence-corrected chi connectivity index (χ2v) is 5.88. The highest BCUT2D eigenvalue weighted by Crippen LogP contribution is 2.31. The maximum atomic E-state index is 12.1. The van der Waals surface area contributed by atoms with Crippen molar-refractivity contribution in [3.05, 3.63) is 0 Å². The number of rotatable bonds is 3. The monoisotopic (exact) mass is 240 g/mol. The number of likely N-dealkylation sites (tertiary alicyclic amines) is 1. The van der Waals surface area contributed by atoms with E-state index in [2.05, 4.69) is 0 Å². The van der Waals surface area contributed by atoms with E-state index in [4.69, 9.17) is 5.73 Å². The Morgan fingerprint density at radius 3 is 2.71 bits per heavy atom. The predicted molar refractivity (Wildman–Crippen MR) is 66.4 cm³/mol. The lowest BCUT2D eigenvalue weighted by atomic mass is 9.94. The molecule has 3 N–H and O–H groups in total. The largest absolute Gasteiger partial charge is 0.393 e. The Balaban J connectivity index is 1.85. The zero-order valence-electron chi connectivity index (χ0n) is 10.7. The van der Waals surface area contributed by atoms with E-state index in [0.29, 0.717) is 13.0 Å². The van der Waals surface area contributed by atoms with Crippen LogP contribution in [0.1, 0.15) is 45.4 Å². The van der Waals surface area contributed by atoms with Gasteiger partial charge in [0.15, 0.2) is 0 Å². The summed E-state index contributed by atoms with van der Waals surface area (Å²) in [6.07, 6.45) is 5.35. The summed E-state index contributed by atoms with van der Waals surface area (Å²) in [6.45, 7) is 3.29. The second kappa shape index (κ2) is 4.94. The maximum absolute atomic E-state index is 12.1. The van der Waals surface area contributed by atoms with Gasteiger partial charge in [0.05, 0.1) is 6.10 Å². The summed E-state index contributed by atoms with van der Waals surface area (Å²) in [4.78, 5) is 14.0. The van der Waals surface area contributed by atoms with Gasteiger partial charge in [-0.25, -0.2) is 0 Å². The summed E-state index contributed by atoms with van der Waals surface area (Å²) in [5.74, 6) is 0.425. The van der Waals surface area contributed by atoms with Gasteiger partial charge in [-0.3, -0.25) is 4.79 Å². The Hall–Kier alpha value is -0.610. The van der Waals surface area contributed by atoms with Gasteiger partial charge in [-0.1, -0.05) is 12.8 Å². The Labute approximate surface area is 103 Å². The van der Waals surface area contributed by atoms with Crippen LogP contribution in [0.15, 0.2) is 0 Å². The molecular weight excluding hydrogens is 216 g/mol. The van der Waals surface area contributed by atoms with E-state index in [1.165, 1.54) is 0 Å². The quantitative estimate of drug-likeness (QED) is 0.769. The van der Waals surface area contributed by atoms with E-state index < -0.39 is 0 Å². The number of nitrogens with two attached hydrogens (primary N) is 1. The number of aliphatic hydroxyl groups excluding tert-OH is 1. The third kappa shape index (κ3) is 2.99. The van der Waals surface area contributed by atoms with E-state index in [1.807, 2.05) is 4.90 Å². The molecule has 2 rings (SSSR count). The van der Waals surface area contributed by atoms with Crippen molar-refractivity contribution in [3.63, 3.8) is 0 Å². The van der Waals surface area contributed by atoms with Gasteiger partial charge < -0.3 is 15.7 Å². The van der Waals surface area contributed by atoms with Crippen LogP contribution in [0.2, 0.25) is 0 Å². The molecular formula is C13H24N2O2. The number of hydrogen-bond acceptors (Lipinski definition) is 3. The highest BCUT2D eigenvalue weighted by Gasteiger charge is 2.35. The van der Waals surface area contributed by atoms with Crippen molar-refractivity contribution in [2.75, 3.05) is 13.1 Å². The van der Waals surface area contributed by atoms with Gasteiger partial charge in [0.25, 0.3) is 0 Å². The second-order valence-electron chi connectivity index (χ2n) is 5.88. The number of carbonyl (C=O) groups is 1. The zero-order chi connectivity index (χ0) is 12.5. The number of carbonyl (C=O) groups excluding carboxylic acids is 1. The first-order valence-corrected chi connectivity index (χ1v) is 6.75. The molecule has 4 nitrogen and oxygen atoms in total. The molecule has 0 aromatic carbocycles. The lowest BCUT2D eigenvalue weighted by Gasteiger charge is -2.26. The molecule has 1 saturated heterocycles. The molecule has 1 amide bonds. The topological polar surface area (TPSA) is 66.6 Å². The van der Waals surface area contributed by atoms with E-state index in [9.17, 15) is 9.90 Å². The molecule has 0 aromatic rings. The number of amides is 1. The van der Waals surface area contributed by atoms with Crippen molar-refractivity contribution in [2.45, 2.75) is 57.1 Å². The van der Waals surface area contributed by atoms with Crippen LogP contribution in [-0.2, 0) is 4.79 Å². The summed E-state index contributed by atoms with van der Waals surface area (Å²) in [7, 11) is 0. The van der Waals surface area contributed by atoms with E-state index in [-0.39, 0.29) is 23.5 Å². The summed E-state index contributed by atoms with van der Waals surface area (Å²) in [6, 6.07) is 0. The van der Waals surface area contributed by atoms with E-state index in [0.717, 1.165) is 38.6 Å². The average Bonchev–Trinajstić information content (AvgIpc) is 2.86. The van der Waals surface area contributed by atoms with Crippen LogP contribution in [-0.4, -0.2) is 40.6 Å². The molecule has 2 atom stereocenters. The molecule has 1 aliphatic carbocycles. The standard InChI is InChI=1S/C13H24N2O2/c1-10(16)11-4-7-15(9-11)12(17)8-13(14)5-2-3-6-13/h10-11,16H,2-9,14H2,1H3. The van der Waals surface area contributed by atoms with Gasteiger partial charge in [-0.05, 0) is 26.2 Å². The molecule has 2 fully saturated rings. The van der Waals surface area contributed by atoms with Gasteiger partial charge in [0, 0.05) is 31.0 Å².